The van der Waals surface area contributed by atoms with Crippen LogP contribution in [0, 0.1) is 0 Å². The summed E-state index contributed by atoms with van der Waals surface area (Å²) in [6.07, 6.45) is 1.83. The molecule has 5 heteroatoms. The standard InChI is InChI=1S/C8H14N4O/c1-6(9)8(13)10-5-7-3-4-12(2)11-7/h3-4,6H,5,9H2,1-2H3,(H,10,13). The topological polar surface area (TPSA) is 72.9 Å². The van der Waals surface area contributed by atoms with Gasteiger partial charge in [-0.15, -0.1) is 0 Å². The van der Waals surface area contributed by atoms with E-state index in [0.29, 0.717) is 6.54 Å². The van der Waals surface area contributed by atoms with Crippen molar-refractivity contribution in [3.05, 3.63) is 18.0 Å². The molecule has 13 heavy (non-hydrogen) atoms. The minimum Gasteiger partial charge on any atom is -0.349 e. The van der Waals surface area contributed by atoms with Gasteiger partial charge >= 0.3 is 0 Å². The maximum absolute atomic E-state index is 11.1. The van der Waals surface area contributed by atoms with Crippen molar-refractivity contribution in [1.82, 2.24) is 15.1 Å². The summed E-state index contributed by atoms with van der Waals surface area (Å²) in [6, 6.07) is 1.38. The van der Waals surface area contributed by atoms with Gasteiger partial charge in [0.15, 0.2) is 0 Å². The van der Waals surface area contributed by atoms with Crippen molar-refractivity contribution in [2.24, 2.45) is 12.8 Å². The van der Waals surface area contributed by atoms with Crippen LogP contribution in [-0.4, -0.2) is 21.7 Å². The molecule has 0 spiro atoms. The first kappa shape index (κ1) is 9.73. The van der Waals surface area contributed by atoms with Crippen LogP contribution >= 0.6 is 0 Å². The molecule has 1 atom stereocenters. The highest BCUT2D eigenvalue weighted by atomic mass is 16.2. The van der Waals surface area contributed by atoms with Gasteiger partial charge in [0.2, 0.25) is 5.91 Å². The van der Waals surface area contributed by atoms with Gasteiger partial charge in [-0.1, -0.05) is 0 Å². The number of hydrogen-bond acceptors (Lipinski definition) is 3. The van der Waals surface area contributed by atoms with E-state index in [1.165, 1.54) is 0 Å². The highest BCUT2D eigenvalue weighted by molar-refractivity contribution is 5.80. The lowest BCUT2D eigenvalue weighted by molar-refractivity contribution is -0.122. The Morgan fingerprint density at radius 2 is 2.54 bits per heavy atom. The summed E-state index contributed by atoms with van der Waals surface area (Å²) < 4.78 is 1.69. The maximum atomic E-state index is 11.1. The molecular weight excluding hydrogens is 168 g/mol. The second-order valence-corrected chi connectivity index (χ2v) is 2.99. The average Bonchev–Trinajstić information content (AvgIpc) is 2.47. The van der Waals surface area contributed by atoms with Gasteiger partial charge in [-0.3, -0.25) is 9.48 Å². The Morgan fingerprint density at radius 1 is 1.85 bits per heavy atom. The van der Waals surface area contributed by atoms with Crippen LogP contribution in [0.3, 0.4) is 0 Å². The molecule has 3 N–H and O–H groups in total. The predicted molar refractivity (Wildman–Crippen MR) is 48.7 cm³/mol. The molecule has 0 saturated carbocycles. The molecule has 5 nitrogen and oxygen atoms in total. The van der Waals surface area contributed by atoms with E-state index in [2.05, 4.69) is 10.4 Å². The summed E-state index contributed by atoms with van der Waals surface area (Å²) in [5, 5.41) is 6.78. The van der Waals surface area contributed by atoms with Crippen LogP contribution in [0.15, 0.2) is 12.3 Å². The molecule has 1 heterocycles. The quantitative estimate of drug-likeness (QED) is 0.654. The lowest BCUT2D eigenvalue weighted by atomic mass is 10.3. The average molecular weight is 182 g/mol. The Hall–Kier alpha value is -1.36. The van der Waals surface area contributed by atoms with Gasteiger partial charge in [0.1, 0.15) is 0 Å². The summed E-state index contributed by atoms with van der Waals surface area (Å²) >= 11 is 0. The molecule has 0 bridgehead atoms. The second-order valence-electron chi connectivity index (χ2n) is 2.99. The Morgan fingerprint density at radius 3 is 3.00 bits per heavy atom. The molecule has 0 saturated heterocycles. The fourth-order valence-electron chi connectivity index (χ4n) is 0.896. The normalized spacial score (nSPS) is 12.5. The zero-order valence-electron chi connectivity index (χ0n) is 7.82. The van der Waals surface area contributed by atoms with Crippen LogP contribution in [0.5, 0.6) is 0 Å². The first-order valence-corrected chi connectivity index (χ1v) is 4.11. The third-order valence-electron chi connectivity index (χ3n) is 1.63. The van der Waals surface area contributed by atoms with E-state index in [1.807, 2.05) is 19.3 Å². The highest BCUT2D eigenvalue weighted by Crippen LogP contribution is 1.92. The number of rotatable bonds is 3. The monoisotopic (exact) mass is 182 g/mol. The molecule has 1 amide bonds. The number of aromatic nitrogens is 2. The summed E-state index contributed by atoms with van der Waals surface area (Å²) in [5.41, 5.74) is 6.20. The van der Waals surface area contributed by atoms with Crippen molar-refractivity contribution in [1.29, 1.82) is 0 Å². The van der Waals surface area contributed by atoms with Crippen LogP contribution in [0.2, 0.25) is 0 Å². The van der Waals surface area contributed by atoms with E-state index in [1.54, 1.807) is 11.6 Å². The minimum atomic E-state index is -0.469. The number of nitrogens with two attached hydrogens (primary N) is 1. The summed E-state index contributed by atoms with van der Waals surface area (Å²) in [7, 11) is 1.83. The van der Waals surface area contributed by atoms with Crippen LogP contribution < -0.4 is 11.1 Å². The molecule has 1 rings (SSSR count). The van der Waals surface area contributed by atoms with Gasteiger partial charge in [-0.25, -0.2) is 0 Å². The third-order valence-corrected chi connectivity index (χ3v) is 1.63. The van der Waals surface area contributed by atoms with E-state index in [9.17, 15) is 4.79 Å². The Kier molecular flexibility index (Phi) is 3.02. The predicted octanol–water partition coefficient (Wildman–Crippen LogP) is -0.617. The number of hydrogen-bond donors (Lipinski definition) is 2. The number of carbonyl (C=O) groups is 1. The number of nitrogens with one attached hydrogen (secondary N) is 1. The van der Waals surface area contributed by atoms with E-state index in [-0.39, 0.29) is 5.91 Å². The second kappa shape index (κ2) is 4.04. The Labute approximate surface area is 76.9 Å². The molecule has 0 radical (unpaired) electrons. The largest absolute Gasteiger partial charge is 0.349 e. The molecule has 72 valence electrons. The lowest BCUT2D eigenvalue weighted by Gasteiger charge is -2.05. The van der Waals surface area contributed by atoms with Crippen molar-refractivity contribution in [2.45, 2.75) is 19.5 Å². The van der Waals surface area contributed by atoms with Crippen LogP contribution in [0.25, 0.3) is 0 Å². The number of carbonyl (C=O) groups excluding carboxylic acids is 1. The van der Waals surface area contributed by atoms with Crippen molar-refractivity contribution in [2.75, 3.05) is 0 Å². The van der Waals surface area contributed by atoms with Crippen molar-refractivity contribution < 1.29 is 4.79 Å². The van der Waals surface area contributed by atoms with Crippen molar-refractivity contribution in [3.63, 3.8) is 0 Å². The van der Waals surface area contributed by atoms with Gasteiger partial charge in [-0.05, 0) is 13.0 Å². The van der Waals surface area contributed by atoms with E-state index in [0.717, 1.165) is 5.69 Å². The van der Waals surface area contributed by atoms with E-state index >= 15 is 0 Å². The fourth-order valence-corrected chi connectivity index (χ4v) is 0.896. The van der Waals surface area contributed by atoms with Gasteiger partial charge in [0.25, 0.3) is 0 Å². The van der Waals surface area contributed by atoms with Gasteiger partial charge in [-0.2, -0.15) is 5.10 Å². The summed E-state index contributed by atoms with van der Waals surface area (Å²) in [4.78, 5) is 11.1. The Balaban J connectivity index is 2.39. The first-order valence-electron chi connectivity index (χ1n) is 4.11. The summed E-state index contributed by atoms with van der Waals surface area (Å²) in [5.74, 6) is -0.161. The van der Waals surface area contributed by atoms with E-state index in [4.69, 9.17) is 5.73 Å². The molecule has 1 aromatic heterocycles. The van der Waals surface area contributed by atoms with Gasteiger partial charge in [0, 0.05) is 13.2 Å². The first-order chi connectivity index (χ1) is 6.09. The Bertz CT molecular complexity index is 292. The van der Waals surface area contributed by atoms with E-state index < -0.39 is 6.04 Å². The molecule has 0 aromatic carbocycles. The van der Waals surface area contributed by atoms with Gasteiger partial charge in [0.05, 0.1) is 18.3 Å². The molecule has 0 fully saturated rings. The molecule has 1 aromatic rings. The molecule has 0 aliphatic carbocycles. The highest BCUT2D eigenvalue weighted by Gasteiger charge is 2.06. The smallest absolute Gasteiger partial charge is 0.236 e. The van der Waals surface area contributed by atoms with Crippen LogP contribution in [0.4, 0.5) is 0 Å². The number of amides is 1. The van der Waals surface area contributed by atoms with Crippen molar-refractivity contribution in [3.8, 4) is 0 Å². The molecular formula is C8H14N4O. The molecule has 0 aliphatic rings. The lowest BCUT2D eigenvalue weighted by Crippen LogP contribution is -2.37. The minimum absolute atomic E-state index is 0.161. The van der Waals surface area contributed by atoms with Crippen molar-refractivity contribution >= 4 is 5.91 Å². The SMILES string of the molecule is CC(N)C(=O)NCc1ccn(C)n1. The summed E-state index contributed by atoms with van der Waals surface area (Å²) in [6.45, 7) is 2.08. The molecule has 1 unspecified atom stereocenters. The van der Waals surface area contributed by atoms with Crippen LogP contribution in [-0.2, 0) is 18.4 Å². The maximum Gasteiger partial charge on any atom is 0.236 e. The third kappa shape index (κ3) is 2.87. The fraction of sp³-hybridized carbons (Fsp3) is 0.500. The number of nitrogens with zero attached hydrogens (tertiary/aromatic N) is 2. The van der Waals surface area contributed by atoms with Crippen LogP contribution in [0.1, 0.15) is 12.6 Å². The number of aryl methyl sites for hydroxylation is 1. The zero-order valence-corrected chi connectivity index (χ0v) is 7.82. The molecule has 0 aliphatic heterocycles. The zero-order chi connectivity index (χ0) is 9.84. The van der Waals surface area contributed by atoms with Gasteiger partial charge < -0.3 is 11.1 Å².